The first-order valence-electron chi connectivity index (χ1n) is 6.00. The number of nitrogens with zero attached hydrogens (tertiary/aromatic N) is 2. The van der Waals surface area contributed by atoms with E-state index in [-0.39, 0.29) is 0 Å². The summed E-state index contributed by atoms with van der Waals surface area (Å²) in [7, 11) is 0. The second-order valence-electron chi connectivity index (χ2n) is 4.45. The molecule has 3 nitrogen and oxygen atoms in total. The number of aldehydes is 1. The molecular formula is C15H10Cl2N2O. The summed E-state index contributed by atoms with van der Waals surface area (Å²) in [5, 5.41) is 1.02. The highest BCUT2D eigenvalue weighted by Gasteiger charge is 2.16. The zero-order valence-corrected chi connectivity index (χ0v) is 12.1. The third-order valence-corrected chi connectivity index (χ3v) is 3.72. The number of imidazole rings is 1. The van der Waals surface area contributed by atoms with Crippen molar-refractivity contribution in [3.05, 3.63) is 57.8 Å². The molecule has 0 aliphatic carbocycles. The Hall–Kier alpha value is -1.84. The van der Waals surface area contributed by atoms with Gasteiger partial charge in [0, 0.05) is 16.3 Å². The van der Waals surface area contributed by atoms with Gasteiger partial charge in [-0.1, -0.05) is 29.3 Å². The number of fused-ring (bicyclic) bond motifs is 1. The van der Waals surface area contributed by atoms with Crippen LogP contribution in [0.15, 0.2) is 36.4 Å². The standard InChI is InChI=1S/C15H10Cl2N2O/c1-9-3-2-4-14-18-15(13(8-20)19(9)14)11-6-5-10(16)7-12(11)17/h2-8H,1H3. The fraction of sp³-hybridized carbons (Fsp3) is 0.0667. The molecule has 3 aromatic rings. The summed E-state index contributed by atoms with van der Waals surface area (Å²) in [4.78, 5) is 16.0. The van der Waals surface area contributed by atoms with Crippen molar-refractivity contribution in [2.24, 2.45) is 0 Å². The number of aromatic nitrogens is 2. The van der Waals surface area contributed by atoms with Crippen LogP contribution < -0.4 is 0 Å². The first kappa shape index (κ1) is 13.2. The number of hydrogen-bond donors (Lipinski definition) is 0. The van der Waals surface area contributed by atoms with Gasteiger partial charge in [0.1, 0.15) is 17.0 Å². The van der Waals surface area contributed by atoms with Crippen LogP contribution in [-0.2, 0) is 0 Å². The van der Waals surface area contributed by atoms with Gasteiger partial charge in [0.25, 0.3) is 0 Å². The summed E-state index contributed by atoms with van der Waals surface area (Å²) in [5.74, 6) is 0. The zero-order chi connectivity index (χ0) is 14.3. The Kier molecular flexibility index (Phi) is 3.24. The van der Waals surface area contributed by atoms with Gasteiger partial charge in [0.05, 0.1) is 5.02 Å². The van der Waals surface area contributed by atoms with Gasteiger partial charge in [-0.25, -0.2) is 4.98 Å². The monoisotopic (exact) mass is 304 g/mol. The minimum atomic E-state index is 0.474. The van der Waals surface area contributed by atoms with Gasteiger partial charge in [-0.3, -0.25) is 9.20 Å². The third kappa shape index (κ3) is 1.99. The van der Waals surface area contributed by atoms with E-state index in [1.165, 1.54) is 0 Å². The number of rotatable bonds is 2. The largest absolute Gasteiger partial charge is 0.296 e. The van der Waals surface area contributed by atoms with Crippen LogP contribution in [0.5, 0.6) is 0 Å². The van der Waals surface area contributed by atoms with E-state index in [4.69, 9.17) is 23.2 Å². The summed E-state index contributed by atoms with van der Waals surface area (Å²) in [6.45, 7) is 1.93. The minimum Gasteiger partial charge on any atom is -0.296 e. The van der Waals surface area contributed by atoms with Gasteiger partial charge in [-0.05, 0) is 37.3 Å². The molecule has 1 aromatic carbocycles. The summed E-state index contributed by atoms with van der Waals surface area (Å²) in [6, 6.07) is 10.8. The molecule has 0 N–H and O–H groups in total. The Morgan fingerprint density at radius 3 is 2.70 bits per heavy atom. The van der Waals surface area contributed by atoms with Crippen LogP contribution in [0.2, 0.25) is 10.0 Å². The maximum Gasteiger partial charge on any atom is 0.169 e. The number of pyridine rings is 1. The lowest BCUT2D eigenvalue weighted by molar-refractivity contribution is 0.111. The van der Waals surface area contributed by atoms with Crippen molar-refractivity contribution in [3.8, 4) is 11.3 Å². The second kappa shape index (κ2) is 4.93. The molecule has 0 radical (unpaired) electrons. The Bertz CT molecular complexity index is 824. The van der Waals surface area contributed by atoms with Gasteiger partial charge < -0.3 is 0 Å². The van der Waals surface area contributed by atoms with Crippen molar-refractivity contribution in [1.82, 2.24) is 9.38 Å². The molecule has 0 saturated carbocycles. The van der Waals surface area contributed by atoms with Gasteiger partial charge in [0.15, 0.2) is 6.29 Å². The average Bonchev–Trinajstić information content (AvgIpc) is 2.78. The van der Waals surface area contributed by atoms with Crippen molar-refractivity contribution >= 4 is 35.1 Å². The molecular weight excluding hydrogens is 295 g/mol. The van der Waals surface area contributed by atoms with E-state index in [1.807, 2.05) is 29.5 Å². The highest BCUT2D eigenvalue weighted by Crippen LogP contribution is 2.32. The summed E-state index contributed by atoms with van der Waals surface area (Å²) < 4.78 is 1.81. The maximum absolute atomic E-state index is 11.5. The van der Waals surface area contributed by atoms with E-state index in [9.17, 15) is 4.79 Å². The van der Waals surface area contributed by atoms with Crippen LogP contribution in [0.25, 0.3) is 16.9 Å². The Balaban J connectivity index is 2.36. The zero-order valence-electron chi connectivity index (χ0n) is 10.6. The van der Waals surface area contributed by atoms with Crippen LogP contribution in [-0.4, -0.2) is 15.7 Å². The van der Waals surface area contributed by atoms with Crippen LogP contribution in [0.3, 0.4) is 0 Å². The van der Waals surface area contributed by atoms with Crippen molar-refractivity contribution in [2.45, 2.75) is 6.92 Å². The highest BCUT2D eigenvalue weighted by molar-refractivity contribution is 6.36. The Morgan fingerprint density at radius 2 is 2.00 bits per heavy atom. The number of halogens is 2. The summed E-state index contributed by atoms with van der Waals surface area (Å²) in [6.07, 6.45) is 0.799. The van der Waals surface area contributed by atoms with Crippen molar-refractivity contribution < 1.29 is 4.79 Å². The molecule has 0 fully saturated rings. The van der Waals surface area contributed by atoms with E-state index in [2.05, 4.69) is 4.98 Å². The molecule has 2 heterocycles. The predicted molar refractivity (Wildman–Crippen MR) is 80.8 cm³/mol. The van der Waals surface area contributed by atoms with Crippen molar-refractivity contribution in [3.63, 3.8) is 0 Å². The molecule has 0 unspecified atom stereocenters. The minimum absolute atomic E-state index is 0.474. The lowest BCUT2D eigenvalue weighted by Crippen LogP contribution is -1.96. The summed E-state index contributed by atoms with van der Waals surface area (Å²) >= 11 is 12.1. The van der Waals surface area contributed by atoms with Gasteiger partial charge in [0.2, 0.25) is 0 Å². The van der Waals surface area contributed by atoms with Crippen LogP contribution in [0, 0.1) is 6.92 Å². The molecule has 0 aliphatic heterocycles. The normalized spacial score (nSPS) is 10.9. The first-order valence-corrected chi connectivity index (χ1v) is 6.76. The molecule has 0 aliphatic rings. The first-order chi connectivity index (χ1) is 9.61. The molecule has 0 spiro atoms. The average molecular weight is 305 g/mol. The quantitative estimate of drug-likeness (QED) is 0.656. The molecule has 0 saturated heterocycles. The SMILES string of the molecule is Cc1cccc2nc(-c3ccc(Cl)cc3Cl)c(C=O)n12. The van der Waals surface area contributed by atoms with E-state index in [1.54, 1.807) is 18.2 Å². The number of hydrogen-bond acceptors (Lipinski definition) is 2. The van der Waals surface area contributed by atoms with Crippen molar-refractivity contribution in [2.75, 3.05) is 0 Å². The second-order valence-corrected chi connectivity index (χ2v) is 5.29. The maximum atomic E-state index is 11.5. The van der Waals surface area contributed by atoms with Gasteiger partial charge >= 0.3 is 0 Å². The van der Waals surface area contributed by atoms with E-state index < -0.39 is 0 Å². The highest BCUT2D eigenvalue weighted by atomic mass is 35.5. The number of aryl methyl sites for hydroxylation is 1. The number of benzene rings is 1. The predicted octanol–water partition coefficient (Wildman–Crippen LogP) is 4.43. The molecule has 0 atom stereocenters. The van der Waals surface area contributed by atoms with Gasteiger partial charge in [-0.2, -0.15) is 0 Å². The number of carbonyl (C=O) groups is 1. The number of carbonyl (C=O) groups excluding carboxylic acids is 1. The fourth-order valence-corrected chi connectivity index (χ4v) is 2.77. The van der Waals surface area contributed by atoms with E-state index in [0.29, 0.717) is 32.6 Å². The lowest BCUT2D eigenvalue weighted by atomic mass is 10.1. The van der Waals surface area contributed by atoms with E-state index >= 15 is 0 Å². The molecule has 0 bridgehead atoms. The molecule has 2 aromatic heterocycles. The molecule has 3 rings (SSSR count). The van der Waals surface area contributed by atoms with Crippen LogP contribution >= 0.6 is 23.2 Å². The van der Waals surface area contributed by atoms with Crippen LogP contribution in [0.4, 0.5) is 0 Å². The molecule has 5 heteroatoms. The molecule has 0 amide bonds. The molecule has 100 valence electrons. The fourth-order valence-electron chi connectivity index (χ4n) is 2.27. The molecule has 20 heavy (non-hydrogen) atoms. The smallest absolute Gasteiger partial charge is 0.169 e. The van der Waals surface area contributed by atoms with Crippen LogP contribution in [0.1, 0.15) is 16.2 Å². The lowest BCUT2D eigenvalue weighted by Gasteiger charge is -2.03. The topological polar surface area (TPSA) is 34.4 Å². The summed E-state index contributed by atoms with van der Waals surface area (Å²) in [5.41, 5.74) is 3.40. The van der Waals surface area contributed by atoms with Gasteiger partial charge in [-0.15, -0.1) is 0 Å². The Labute approximate surface area is 125 Å². The van der Waals surface area contributed by atoms with Crippen molar-refractivity contribution in [1.29, 1.82) is 0 Å². The third-order valence-electron chi connectivity index (χ3n) is 3.17. The van der Waals surface area contributed by atoms with E-state index in [0.717, 1.165) is 12.0 Å². The Morgan fingerprint density at radius 1 is 1.20 bits per heavy atom.